The SMILES string of the molecule is CC[C@@]1(C(=O)NCCc2nc(Cc3ccccc3)no2)C[C@@H]2CC[C@H]1N2. The average Bonchev–Trinajstić information content (AvgIpc) is 3.39. The second-order valence-electron chi connectivity index (χ2n) is 7.48. The summed E-state index contributed by atoms with van der Waals surface area (Å²) >= 11 is 0. The maximum atomic E-state index is 12.8. The van der Waals surface area contributed by atoms with Crippen molar-refractivity contribution in [1.29, 1.82) is 0 Å². The van der Waals surface area contributed by atoms with Gasteiger partial charge in [0.25, 0.3) is 0 Å². The maximum Gasteiger partial charge on any atom is 0.228 e. The number of rotatable bonds is 7. The summed E-state index contributed by atoms with van der Waals surface area (Å²) in [6.45, 7) is 2.65. The first kappa shape index (κ1) is 17.2. The highest BCUT2D eigenvalue weighted by Gasteiger charge is 2.54. The largest absolute Gasteiger partial charge is 0.355 e. The molecular weight excluding hydrogens is 328 g/mol. The summed E-state index contributed by atoms with van der Waals surface area (Å²) in [7, 11) is 0. The molecule has 26 heavy (non-hydrogen) atoms. The first-order valence-corrected chi connectivity index (χ1v) is 9.59. The Hall–Kier alpha value is -2.21. The molecule has 3 atom stereocenters. The normalized spacial score (nSPS) is 27.0. The Kier molecular flexibility index (Phi) is 4.76. The third-order valence-electron chi connectivity index (χ3n) is 5.94. The van der Waals surface area contributed by atoms with Crippen LogP contribution in [0.1, 0.15) is 49.9 Å². The van der Waals surface area contributed by atoms with Gasteiger partial charge in [0, 0.05) is 31.5 Å². The highest BCUT2D eigenvalue weighted by molar-refractivity contribution is 5.84. The molecular formula is C20H26N4O2. The lowest BCUT2D eigenvalue weighted by atomic mass is 9.71. The van der Waals surface area contributed by atoms with Crippen molar-refractivity contribution in [2.45, 2.75) is 57.5 Å². The quantitative estimate of drug-likeness (QED) is 0.797. The van der Waals surface area contributed by atoms with Crippen molar-refractivity contribution < 1.29 is 9.32 Å². The molecule has 0 saturated carbocycles. The third-order valence-corrected chi connectivity index (χ3v) is 5.94. The van der Waals surface area contributed by atoms with Crippen molar-refractivity contribution in [3.05, 3.63) is 47.6 Å². The van der Waals surface area contributed by atoms with E-state index in [1.54, 1.807) is 0 Å². The zero-order valence-corrected chi connectivity index (χ0v) is 15.2. The standard InChI is InChI=1S/C20H26N4O2/c1-2-20(13-15-8-9-16(20)22-15)19(25)21-11-10-18-23-17(24-26-18)12-14-6-4-3-5-7-14/h3-7,15-16,22H,2,8-13H2,1H3,(H,21,25)/t15-,16+,20+/m0/s1. The lowest BCUT2D eigenvalue weighted by molar-refractivity contribution is -0.132. The average molecular weight is 354 g/mol. The number of hydrogen-bond donors (Lipinski definition) is 2. The summed E-state index contributed by atoms with van der Waals surface area (Å²) in [5.74, 6) is 1.43. The fourth-order valence-corrected chi connectivity index (χ4v) is 4.50. The number of nitrogens with zero attached hydrogens (tertiary/aromatic N) is 2. The summed E-state index contributed by atoms with van der Waals surface area (Å²) in [5.41, 5.74) is 0.915. The van der Waals surface area contributed by atoms with Gasteiger partial charge in [0.2, 0.25) is 11.8 Å². The molecule has 1 aromatic heterocycles. The van der Waals surface area contributed by atoms with Gasteiger partial charge in [-0.05, 0) is 31.2 Å². The van der Waals surface area contributed by atoms with Crippen molar-refractivity contribution in [2.24, 2.45) is 5.41 Å². The van der Waals surface area contributed by atoms with Crippen LogP contribution in [0.2, 0.25) is 0 Å². The molecule has 2 fully saturated rings. The van der Waals surface area contributed by atoms with Crippen LogP contribution in [-0.2, 0) is 17.6 Å². The molecule has 138 valence electrons. The van der Waals surface area contributed by atoms with Crippen LogP contribution >= 0.6 is 0 Å². The van der Waals surface area contributed by atoms with Gasteiger partial charge in [0.05, 0.1) is 5.41 Å². The highest BCUT2D eigenvalue weighted by atomic mass is 16.5. The molecule has 0 aliphatic carbocycles. The van der Waals surface area contributed by atoms with Gasteiger partial charge >= 0.3 is 0 Å². The van der Waals surface area contributed by atoms with E-state index in [9.17, 15) is 4.79 Å². The second kappa shape index (κ2) is 7.19. The zero-order chi connectivity index (χ0) is 18.0. The molecule has 2 aromatic rings. The van der Waals surface area contributed by atoms with Gasteiger partial charge < -0.3 is 15.2 Å². The Bertz CT molecular complexity index is 760. The number of nitrogens with one attached hydrogen (secondary N) is 2. The van der Waals surface area contributed by atoms with Crippen LogP contribution in [0, 0.1) is 5.41 Å². The van der Waals surface area contributed by atoms with Crippen molar-refractivity contribution in [1.82, 2.24) is 20.8 Å². The van der Waals surface area contributed by atoms with Crippen LogP contribution in [0.3, 0.4) is 0 Å². The number of hydrogen-bond acceptors (Lipinski definition) is 5. The number of fused-ring (bicyclic) bond motifs is 2. The molecule has 6 nitrogen and oxygen atoms in total. The Balaban J connectivity index is 1.29. The molecule has 1 amide bonds. The molecule has 3 heterocycles. The van der Waals surface area contributed by atoms with Gasteiger partial charge in [-0.2, -0.15) is 4.98 Å². The van der Waals surface area contributed by atoms with Crippen LogP contribution in [0.4, 0.5) is 0 Å². The maximum absolute atomic E-state index is 12.8. The molecule has 1 aromatic carbocycles. The number of amides is 1. The molecule has 2 aliphatic heterocycles. The van der Waals surface area contributed by atoms with Crippen LogP contribution in [-0.4, -0.2) is 34.7 Å². The van der Waals surface area contributed by atoms with Crippen molar-refractivity contribution >= 4 is 5.91 Å². The molecule has 2 bridgehead atoms. The van der Waals surface area contributed by atoms with Crippen molar-refractivity contribution in [3.8, 4) is 0 Å². The molecule has 0 unspecified atom stereocenters. The predicted molar refractivity (Wildman–Crippen MR) is 97.5 cm³/mol. The Morgan fingerprint density at radius 1 is 1.35 bits per heavy atom. The smallest absolute Gasteiger partial charge is 0.228 e. The molecule has 2 N–H and O–H groups in total. The highest BCUT2D eigenvalue weighted by Crippen LogP contribution is 2.45. The molecule has 0 spiro atoms. The number of benzene rings is 1. The van der Waals surface area contributed by atoms with Crippen molar-refractivity contribution in [3.63, 3.8) is 0 Å². The molecule has 4 rings (SSSR count). The van der Waals surface area contributed by atoms with Crippen LogP contribution < -0.4 is 10.6 Å². The van der Waals surface area contributed by atoms with Crippen LogP contribution in [0.5, 0.6) is 0 Å². The molecule has 6 heteroatoms. The topological polar surface area (TPSA) is 80.1 Å². The van der Waals surface area contributed by atoms with E-state index in [4.69, 9.17) is 4.52 Å². The molecule has 2 aliphatic rings. The summed E-state index contributed by atoms with van der Waals surface area (Å²) in [4.78, 5) is 17.2. The predicted octanol–water partition coefficient (Wildman–Crippen LogP) is 2.24. The fourth-order valence-electron chi connectivity index (χ4n) is 4.50. The molecule has 0 radical (unpaired) electrons. The minimum atomic E-state index is -0.240. The van der Waals surface area contributed by atoms with Gasteiger partial charge in [0.15, 0.2) is 5.82 Å². The van der Waals surface area contributed by atoms with Crippen LogP contribution in [0.25, 0.3) is 0 Å². The van der Waals surface area contributed by atoms with Gasteiger partial charge in [-0.1, -0.05) is 42.4 Å². The lowest BCUT2D eigenvalue weighted by Gasteiger charge is -2.34. The number of carbonyl (C=O) groups is 1. The number of aromatic nitrogens is 2. The van der Waals surface area contributed by atoms with E-state index in [2.05, 4.69) is 27.7 Å². The monoisotopic (exact) mass is 354 g/mol. The zero-order valence-electron chi connectivity index (χ0n) is 15.2. The van der Waals surface area contributed by atoms with E-state index >= 15 is 0 Å². The lowest BCUT2D eigenvalue weighted by Crippen LogP contribution is -2.48. The van der Waals surface area contributed by atoms with E-state index < -0.39 is 0 Å². The van der Waals surface area contributed by atoms with E-state index in [-0.39, 0.29) is 11.3 Å². The summed E-state index contributed by atoms with van der Waals surface area (Å²) in [5, 5.41) is 10.7. The second-order valence-corrected chi connectivity index (χ2v) is 7.48. The van der Waals surface area contributed by atoms with Gasteiger partial charge in [0.1, 0.15) is 0 Å². The van der Waals surface area contributed by atoms with E-state index in [0.717, 1.165) is 24.8 Å². The van der Waals surface area contributed by atoms with Gasteiger partial charge in [-0.3, -0.25) is 4.79 Å². The number of carbonyl (C=O) groups excluding carboxylic acids is 1. The fraction of sp³-hybridized carbons (Fsp3) is 0.550. The minimum absolute atomic E-state index is 0.170. The third kappa shape index (κ3) is 3.26. The van der Waals surface area contributed by atoms with Crippen LogP contribution in [0.15, 0.2) is 34.9 Å². The van der Waals surface area contributed by atoms with E-state index in [1.807, 2.05) is 30.3 Å². The van der Waals surface area contributed by atoms with Crippen molar-refractivity contribution in [2.75, 3.05) is 6.54 Å². The van der Waals surface area contributed by atoms with E-state index in [1.165, 1.54) is 6.42 Å². The summed E-state index contributed by atoms with van der Waals surface area (Å²) < 4.78 is 5.32. The Morgan fingerprint density at radius 3 is 2.88 bits per heavy atom. The van der Waals surface area contributed by atoms with Gasteiger partial charge in [-0.25, -0.2) is 0 Å². The first-order chi connectivity index (χ1) is 12.7. The Labute approximate surface area is 153 Å². The van der Waals surface area contributed by atoms with Gasteiger partial charge in [-0.15, -0.1) is 0 Å². The molecule has 2 saturated heterocycles. The summed E-state index contributed by atoms with van der Waals surface area (Å²) in [6, 6.07) is 10.9. The van der Waals surface area contributed by atoms with E-state index in [0.29, 0.717) is 43.2 Å². The minimum Gasteiger partial charge on any atom is -0.355 e. The summed E-state index contributed by atoms with van der Waals surface area (Å²) in [6.07, 6.45) is 5.38. The first-order valence-electron chi connectivity index (χ1n) is 9.59. The Morgan fingerprint density at radius 2 is 2.19 bits per heavy atom.